The summed E-state index contributed by atoms with van der Waals surface area (Å²) in [6.45, 7) is 3.75. The minimum Gasteiger partial charge on any atom is -0.392 e. The topological polar surface area (TPSA) is 151 Å². The predicted octanol–water partition coefficient (Wildman–Crippen LogP) is 6.01. The number of rotatable bonds is 27. The number of phosphoric acid groups is 1. The number of carbonyl (C=O) groups is 1. The van der Waals surface area contributed by atoms with Gasteiger partial charge >= 0.3 is 7.82 Å². The van der Waals surface area contributed by atoms with Gasteiger partial charge < -0.3 is 26.2 Å². The zero-order chi connectivity index (χ0) is 30.6. The number of nitrogens with one attached hydrogen (secondary N) is 1. The summed E-state index contributed by atoms with van der Waals surface area (Å²) in [4.78, 5) is 22.4. The Labute approximate surface area is 248 Å². The molecule has 238 valence electrons. The summed E-state index contributed by atoms with van der Waals surface area (Å²) in [6.07, 6.45) is 26.6. The number of amides is 1. The third-order valence-electron chi connectivity index (χ3n) is 6.16. The first kappa shape index (κ1) is 39.4. The molecule has 1 amide bonds. The third-order valence-corrected chi connectivity index (χ3v) is 7.14. The molecule has 0 aromatic carbocycles. The molecule has 6 N–H and O–H groups in total. The minimum atomic E-state index is -4.40. The van der Waals surface area contributed by atoms with Crippen molar-refractivity contribution < 1.29 is 33.5 Å². The van der Waals surface area contributed by atoms with Crippen molar-refractivity contribution in [2.24, 2.45) is 5.73 Å². The summed E-state index contributed by atoms with van der Waals surface area (Å²) < 4.78 is 21.8. The van der Waals surface area contributed by atoms with E-state index in [1.807, 2.05) is 12.2 Å². The van der Waals surface area contributed by atoms with Crippen LogP contribution in [0.2, 0.25) is 0 Å². The first-order valence-corrected chi connectivity index (χ1v) is 16.8. The van der Waals surface area contributed by atoms with Gasteiger partial charge in [0.2, 0.25) is 5.91 Å². The maximum atomic E-state index is 12.6. The second kappa shape index (κ2) is 27.3. The van der Waals surface area contributed by atoms with Gasteiger partial charge in [-0.15, -0.1) is 0 Å². The van der Waals surface area contributed by atoms with Gasteiger partial charge in [0.15, 0.2) is 0 Å². The highest BCUT2D eigenvalue weighted by Gasteiger charge is 2.27. The fourth-order valence-electron chi connectivity index (χ4n) is 3.78. The number of unbranched alkanes of at least 4 members (excludes halogenated alkanes) is 8. The molecule has 4 atom stereocenters. The number of aliphatic hydroxyl groups excluding tert-OH is 2. The van der Waals surface area contributed by atoms with Gasteiger partial charge in [0.25, 0.3) is 0 Å². The van der Waals surface area contributed by atoms with Crippen LogP contribution in [0.1, 0.15) is 104 Å². The van der Waals surface area contributed by atoms with Crippen LogP contribution < -0.4 is 11.1 Å². The van der Waals surface area contributed by atoms with E-state index in [4.69, 9.17) is 14.8 Å². The van der Waals surface area contributed by atoms with Crippen LogP contribution in [0, 0.1) is 0 Å². The van der Waals surface area contributed by atoms with Crippen LogP contribution in [0.25, 0.3) is 0 Å². The van der Waals surface area contributed by atoms with Crippen molar-refractivity contribution >= 4 is 13.7 Å². The molecule has 0 aliphatic rings. The second-order valence-corrected chi connectivity index (χ2v) is 11.6. The van der Waals surface area contributed by atoms with E-state index in [1.165, 1.54) is 38.2 Å². The zero-order valence-electron chi connectivity index (χ0n) is 25.4. The van der Waals surface area contributed by atoms with Crippen molar-refractivity contribution in [3.8, 4) is 0 Å². The largest absolute Gasteiger partial charge is 0.472 e. The Morgan fingerprint density at radius 3 is 2.05 bits per heavy atom. The molecule has 0 aliphatic heterocycles. The second-order valence-electron chi connectivity index (χ2n) is 10.1. The third kappa shape index (κ3) is 25.8. The van der Waals surface area contributed by atoms with E-state index in [2.05, 4.69) is 43.5 Å². The van der Waals surface area contributed by atoms with Crippen LogP contribution in [0.4, 0.5) is 0 Å². The highest BCUT2D eigenvalue weighted by Crippen LogP contribution is 2.43. The predicted molar refractivity (Wildman–Crippen MR) is 167 cm³/mol. The summed E-state index contributed by atoms with van der Waals surface area (Å²) in [6, 6.07) is -1.02. The van der Waals surface area contributed by atoms with Crippen LogP contribution in [-0.4, -0.2) is 59.0 Å². The van der Waals surface area contributed by atoms with E-state index in [1.54, 1.807) is 6.08 Å². The fraction of sp³-hybridized carbons (Fsp3) is 0.710. The molecule has 10 heteroatoms. The number of carbonyl (C=O) groups excluding carboxylic acids is 1. The minimum absolute atomic E-state index is 0.0363. The van der Waals surface area contributed by atoms with Gasteiger partial charge in [0.1, 0.15) is 0 Å². The zero-order valence-corrected chi connectivity index (χ0v) is 26.3. The van der Waals surface area contributed by atoms with Gasteiger partial charge in [-0.05, 0) is 51.4 Å². The Kier molecular flexibility index (Phi) is 26.2. The van der Waals surface area contributed by atoms with E-state index in [9.17, 15) is 24.5 Å². The molecule has 9 nitrogen and oxygen atoms in total. The highest BCUT2D eigenvalue weighted by atomic mass is 31.2. The Morgan fingerprint density at radius 2 is 1.41 bits per heavy atom. The van der Waals surface area contributed by atoms with Crippen molar-refractivity contribution in [1.29, 1.82) is 0 Å². The molecular weight excluding hydrogens is 543 g/mol. The molecule has 0 bridgehead atoms. The first-order chi connectivity index (χ1) is 19.8. The summed E-state index contributed by atoms with van der Waals surface area (Å²) in [5, 5.41) is 23.5. The number of nitrogens with two attached hydrogens (primary N) is 1. The van der Waals surface area contributed by atoms with Gasteiger partial charge in [-0.2, -0.15) is 0 Å². The average molecular weight is 601 g/mol. The quantitative estimate of drug-likeness (QED) is 0.0437. The molecule has 0 heterocycles. The van der Waals surface area contributed by atoms with E-state index in [-0.39, 0.29) is 19.6 Å². The molecule has 0 spiro atoms. The number of aliphatic hydroxyl groups is 2. The van der Waals surface area contributed by atoms with Gasteiger partial charge in [0, 0.05) is 6.54 Å². The molecule has 0 fully saturated rings. The Morgan fingerprint density at radius 1 is 0.829 bits per heavy atom. The summed E-state index contributed by atoms with van der Waals surface area (Å²) in [7, 11) is -4.40. The molecule has 0 rings (SSSR count). The van der Waals surface area contributed by atoms with Crippen molar-refractivity contribution in [3.05, 3.63) is 48.6 Å². The lowest BCUT2D eigenvalue weighted by atomic mass is 10.1. The van der Waals surface area contributed by atoms with E-state index in [0.717, 1.165) is 38.5 Å². The van der Waals surface area contributed by atoms with Crippen LogP contribution in [0.5, 0.6) is 0 Å². The summed E-state index contributed by atoms with van der Waals surface area (Å²) in [5.74, 6) is -0.503. The normalized spacial score (nSPS) is 16.1. The van der Waals surface area contributed by atoms with Crippen LogP contribution in [0.3, 0.4) is 0 Å². The van der Waals surface area contributed by atoms with Crippen LogP contribution >= 0.6 is 7.82 Å². The Balaban J connectivity index is 4.76. The average Bonchev–Trinajstić information content (AvgIpc) is 2.94. The highest BCUT2D eigenvalue weighted by molar-refractivity contribution is 7.47. The number of phosphoric ester groups is 1. The molecule has 0 radical (unpaired) electrons. The molecule has 0 aliphatic carbocycles. The molecule has 0 saturated heterocycles. The number of hydrogen-bond donors (Lipinski definition) is 5. The Bertz CT molecular complexity index is 801. The molecule has 0 aromatic rings. The van der Waals surface area contributed by atoms with Crippen molar-refractivity contribution in [3.63, 3.8) is 0 Å². The number of allylic oxidation sites excluding steroid dienone is 6. The molecule has 4 unspecified atom stereocenters. The Hall–Kier alpha value is -1.58. The van der Waals surface area contributed by atoms with Crippen LogP contribution in [-0.2, 0) is 18.4 Å². The smallest absolute Gasteiger partial charge is 0.392 e. The molecular formula is C31H57N2O7P. The SMILES string of the molecule is CCCC/C=C/CC/C=C/CC/C=C/C(O)C(COP(=O)(O)OCCN)NC(=O)CC(O)C/C=C\CCCCCC. The maximum Gasteiger partial charge on any atom is 0.472 e. The lowest BCUT2D eigenvalue weighted by molar-refractivity contribution is -0.124. The van der Waals surface area contributed by atoms with Crippen molar-refractivity contribution in [2.45, 2.75) is 122 Å². The lowest BCUT2D eigenvalue weighted by Crippen LogP contribution is -2.46. The fourth-order valence-corrected chi connectivity index (χ4v) is 4.54. The van der Waals surface area contributed by atoms with Gasteiger partial charge in [0.05, 0.1) is 37.9 Å². The number of hydrogen-bond acceptors (Lipinski definition) is 7. The van der Waals surface area contributed by atoms with E-state index in [0.29, 0.717) is 12.8 Å². The lowest BCUT2D eigenvalue weighted by Gasteiger charge is -2.23. The summed E-state index contributed by atoms with van der Waals surface area (Å²) >= 11 is 0. The van der Waals surface area contributed by atoms with Gasteiger partial charge in [-0.1, -0.05) is 94.6 Å². The van der Waals surface area contributed by atoms with Gasteiger partial charge in [-0.3, -0.25) is 13.8 Å². The first-order valence-electron chi connectivity index (χ1n) is 15.3. The van der Waals surface area contributed by atoms with E-state index >= 15 is 0 Å². The van der Waals surface area contributed by atoms with Crippen molar-refractivity contribution in [1.82, 2.24) is 5.32 Å². The summed E-state index contributed by atoms with van der Waals surface area (Å²) in [5.41, 5.74) is 5.30. The molecule has 0 aromatic heterocycles. The standard InChI is InChI=1S/C31H57N2O7P/c1-3-5-7-9-11-12-13-14-15-17-19-21-23-30(35)29(27-40-41(37,38)39-25-24-32)33-31(36)26-28(34)22-20-18-16-10-8-6-4-2/h9,11,14-15,18,20-21,23,28-30,34-35H,3-8,10,12-13,16-17,19,22,24-27,32H2,1-2H3,(H,33,36)(H,37,38)/b11-9+,15-14+,20-18-,23-21+. The maximum absolute atomic E-state index is 12.6. The molecule has 0 saturated carbocycles. The van der Waals surface area contributed by atoms with Crippen LogP contribution in [0.15, 0.2) is 48.6 Å². The van der Waals surface area contributed by atoms with E-state index < -0.39 is 38.6 Å². The molecule has 41 heavy (non-hydrogen) atoms. The monoisotopic (exact) mass is 600 g/mol. The van der Waals surface area contributed by atoms with Crippen molar-refractivity contribution in [2.75, 3.05) is 19.8 Å². The van der Waals surface area contributed by atoms with Gasteiger partial charge in [-0.25, -0.2) is 4.57 Å².